The molecule has 0 bridgehead atoms. The summed E-state index contributed by atoms with van der Waals surface area (Å²) >= 11 is 1.60. The van der Waals surface area contributed by atoms with E-state index in [0.717, 1.165) is 56.9 Å². The van der Waals surface area contributed by atoms with Crippen molar-refractivity contribution in [3.63, 3.8) is 0 Å². The summed E-state index contributed by atoms with van der Waals surface area (Å²) in [5, 5.41) is 3.95. The minimum Gasteiger partial charge on any atom is -0.497 e. The van der Waals surface area contributed by atoms with Gasteiger partial charge in [-0.2, -0.15) is 11.3 Å². The Hall–Kier alpha value is -1.85. The van der Waals surface area contributed by atoms with Crippen LogP contribution in [0.4, 0.5) is 0 Å². The van der Waals surface area contributed by atoms with Crippen LogP contribution in [0.15, 0.2) is 41.1 Å². The quantitative estimate of drug-likeness (QED) is 0.789. The van der Waals surface area contributed by atoms with Crippen LogP contribution in [0, 0.1) is 5.41 Å². The molecule has 2 aromatic rings. The van der Waals surface area contributed by atoms with Gasteiger partial charge in [0.05, 0.1) is 12.7 Å². The number of carbonyl (C=O) groups excluding carboxylic acids is 1. The van der Waals surface area contributed by atoms with E-state index in [9.17, 15) is 4.79 Å². The molecule has 1 spiro atoms. The first-order valence-corrected chi connectivity index (χ1v) is 10.8. The second kappa shape index (κ2) is 8.03. The van der Waals surface area contributed by atoms with Gasteiger partial charge >= 0.3 is 0 Å². The molecule has 0 radical (unpaired) electrons. The molecule has 0 unspecified atom stereocenters. The number of piperidine rings is 2. The molecule has 0 atom stereocenters. The largest absolute Gasteiger partial charge is 0.497 e. The first-order chi connectivity index (χ1) is 13.2. The van der Waals surface area contributed by atoms with Crippen LogP contribution in [-0.2, 0) is 6.54 Å². The highest BCUT2D eigenvalue weighted by Gasteiger charge is 2.38. The van der Waals surface area contributed by atoms with Crippen LogP contribution in [-0.4, -0.2) is 49.0 Å². The van der Waals surface area contributed by atoms with Crippen LogP contribution in [0.5, 0.6) is 5.75 Å². The summed E-state index contributed by atoms with van der Waals surface area (Å²) < 4.78 is 5.24. The molecule has 5 heteroatoms. The highest BCUT2D eigenvalue weighted by molar-refractivity contribution is 7.08. The van der Waals surface area contributed by atoms with Crippen molar-refractivity contribution >= 4 is 17.2 Å². The fraction of sp³-hybridized carbons (Fsp3) is 0.500. The van der Waals surface area contributed by atoms with Crippen LogP contribution < -0.4 is 4.74 Å². The molecule has 2 aliphatic rings. The van der Waals surface area contributed by atoms with Gasteiger partial charge in [-0.05, 0) is 73.3 Å². The molecule has 1 aromatic carbocycles. The Balaban J connectivity index is 1.27. The number of methoxy groups -OCH3 is 1. The van der Waals surface area contributed by atoms with Gasteiger partial charge in [-0.1, -0.05) is 12.1 Å². The van der Waals surface area contributed by atoms with Crippen LogP contribution in [0.25, 0.3) is 0 Å². The van der Waals surface area contributed by atoms with Gasteiger partial charge in [0.25, 0.3) is 5.91 Å². The van der Waals surface area contributed by atoms with Crippen LogP contribution >= 0.6 is 11.3 Å². The van der Waals surface area contributed by atoms with Crippen molar-refractivity contribution < 1.29 is 9.53 Å². The topological polar surface area (TPSA) is 32.8 Å². The van der Waals surface area contributed by atoms with Crippen molar-refractivity contribution in [3.05, 3.63) is 52.2 Å². The summed E-state index contributed by atoms with van der Waals surface area (Å²) in [6.45, 7) is 5.15. The monoisotopic (exact) mass is 384 g/mol. The normalized spacial score (nSPS) is 20.0. The first kappa shape index (κ1) is 18.5. The lowest BCUT2D eigenvalue weighted by molar-refractivity contribution is 0.0285. The van der Waals surface area contributed by atoms with Gasteiger partial charge in [0.2, 0.25) is 0 Å². The Morgan fingerprint density at radius 3 is 2.30 bits per heavy atom. The van der Waals surface area contributed by atoms with E-state index in [-0.39, 0.29) is 5.91 Å². The summed E-state index contributed by atoms with van der Waals surface area (Å²) in [5.74, 6) is 1.13. The number of benzene rings is 1. The molecule has 1 aromatic heterocycles. The molecule has 4 rings (SSSR count). The van der Waals surface area contributed by atoms with Gasteiger partial charge in [0, 0.05) is 25.0 Å². The molecule has 0 saturated carbocycles. The van der Waals surface area contributed by atoms with E-state index in [1.165, 1.54) is 18.4 Å². The predicted octanol–water partition coefficient (Wildman–Crippen LogP) is 4.28. The number of amides is 1. The van der Waals surface area contributed by atoms with E-state index in [1.54, 1.807) is 18.4 Å². The summed E-state index contributed by atoms with van der Waals surface area (Å²) in [6.07, 6.45) is 4.81. The van der Waals surface area contributed by atoms with E-state index in [2.05, 4.69) is 21.9 Å². The van der Waals surface area contributed by atoms with Crippen LogP contribution in [0.3, 0.4) is 0 Å². The highest BCUT2D eigenvalue weighted by atomic mass is 32.1. The molecule has 1 amide bonds. The van der Waals surface area contributed by atoms with Crippen LogP contribution in [0.1, 0.15) is 41.6 Å². The average molecular weight is 385 g/mol. The number of ether oxygens (including phenoxy) is 1. The van der Waals surface area contributed by atoms with E-state index in [0.29, 0.717) is 5.41 Å². The Bertz CT molecular complexity index is 739. The number of likely N-dealkylation sites (tertiary alicyclic amines) is 2. The lowest BCUT2D eigenvalue weighted by Gasteiger charge is -2.47. The third-order valence-corrected chi connectivity index (χ3v) is 7.04. The van der Waals surface area contributed by atoms with E-state index < -0.39 is 0 Å². The van der Waals surface area contributed by atoms with E-state index >= 15 is 0 Å². The second-order valence-corrected chi connectivity index (χ2v) is 8.71. The number of carbonyl (C=O) groups is 1. The van der Waals surface area contributed by atoms with Crippen molar-refractivity contribution in [1.29, 1.82) is 0 Å². The standard InChI is InChI=1S/C22H28N2O2S/c1-26-20-4-2-18(3-5-20)16-23-11-7-22(8-12-23)9-13-24(14-10-22)21(25)19-6-15-27-17-19/h2-6,15,17H,7-14,16H2,1H3. The fourth-order valence-electron chi connectivity index (χ4n) is 4.43. The molecule has 27 heavy (non-hydrogen) atoms. The summed E-state index contributed by atoms with van der Waals surface area (Å²) in [5.41, 5.74) is 2.65. The molecule has 2 fully saturated rings. The first-order valence-electron chi connectivity index (χ1n) is 9.84. The Kier molecular flexibility index (Phi) is 5.50. The third kappa shape index (κ3) is 4.19. The maximum Gasteiger partial charge on any atom is 0.254 e. The van der Waals surface area contributed by atoms with Gasteiger partial charge in [-0.25, -0.2) is 0 Å². The Labute approximate surface area is 165 Å². The third-order valence-electron chi connectivity index (χ3n) is 6.36. The molecule has 144 valence electrons. The zero-order valence-electron chi connectivity index (χ0n) is 16.0. The minimum absolute atomic E-state index is 0.211. The van der Waals surface area contributed by atoms with Crippen LogP contribution in [0.2, 0.25) is 0 Å². The fourth-order valence-corrected chi connectivity index (χ4v) is 5.06. The molecule has 2 saturated heterocycles. The second-order valence-electron chi connectivity index (χ2n) is 7.93. The van der Waals surface area contributed by atoms with E-state index in [4.69, 9.17) is 4.74 Å². The minimum atomic E-state index is 0.211. The summed E-state index contributed by atoms with van der Waals surface area (Å²) in [6, 6.07) is 10.4. The maximum absolute atomic E-state index is 12.5. The molecular formula is C22H28N2O2S. The van der Waals surface area contributed by atoms with Crippen molar-refractivity contribution in [3.8, 4) is 5.75 Å². The van der Waals surface area contributed by atoms with Gasteiger partial charge in [0.15, 0.2) is 0 Å². The Morgan fingerprint density at radius 1 is 1.04 bits per heavy atom. The number of hydrogen-bond acceptors (Lipinski definition) is 4. The van der Waals surface area contributed by atoms with E-state index in [1.807, 2.05) is 29.0 Å². The van der Waals surface area contributed by atoms with Crippen molar-refractivity contribution in [2.75, 3.05) is 33.3 Å². The van der Waals surface area contributed by atoms with Gasteiger partial charge in [-0.15, -0.1) is 0 Å². The number of nitrogens with zero attached hydrogens (tertiary/aromatic N) is 2. The smallest absolute Gasteiger partial charge is 0.254 e. The van der Waals surface area contributed by atoms with Crippen molar-refractivity contribution in [2.45, 2.75) is 32.2 Å². The molecular weight excluding hydrogens is 356 g/mol. The summed E-state index contributed by atoms with van der Waals surface area (Å²) in [4.78, 5) is 17.2. The maximum atomic E-state index is 12.5. The zero-order chi connectivity index (χ0) is 18.7. The summed E-state index contributed by atoms with van der Waals surface area (Å²) in [7, 11) is 1.71. The molecule has 0 aliphatic carbocycles. The number of hydrogen-bond donors (Lipinski definition) is 0. The average Bonchev–Trinajstić information content (AvgIpc) is 3.25. The van der Waals surface area contributed by atoms with Gasteiger partial charge < -0.3 is 9.64 Å². The van der Waals surface area contributed by atoms with Gasteiger partial charge in [0.1, 0.15) is 5.75 Å². The lowest BCUT2D eigenvalue weighted by atomic mass is 9.71. The molecule has 4 nitrogen and oxygen atoms in total. The lowest BCUT2D eigenvalue weighted by Crippen LogP contribution is -2.48. The Morgan fingerprint density at radius 2 is 1.70 bits per heavy atom. The molecule has 2 aliphatic heterocycles. The molecule has 3 heterocycles. The number of rotatable bonds is 4. The van der Waals surface area contributed by atoms with Gasteiger partial charge in [-0.3, -0.25) is 9.69 Å². The predicted molar refractivity (Wildman–Crippen MR) is 109 cm³/mol. The molecule has 0 N–H and O–H groups in total. The van der Waals surface area contributed by atoms with Crippen molar-refractivity contribution in [1.82, 2.24) is 9.80 Å². The highest BCUT2D eigenvalue weighted by Crippen LogP contribution is 2.41. The zero-order valence-corrected chi connectivity index (χ0v) is 16.8. The SMILES string of the molecule is COc1ccc(CN2CCC3(CC2)CCN(C(=O)c2ccsc2)CC3)cc1. The van der Waals surface area contributed by atoms with Crippen molar-refractivity contribution in [2.24, 2.45) is 5.41 Å². The number of thiophene rings is 1.